The number of hydrogen-bond acceptors (Lipinski definition) is 10. The number of amides is 1. The van der Waals surface area contributed by atoms with E-state index in [4.69, 9.17) is 11.5 Å². The zero-order valence-corrected chi connectivity index (χ0v) is 22.1. The summed E-state index contributed by atoms with van der Waals surface area (Å²) in [6, 6.07) is 11.5. The van der Waals surface area contributed by atoms with Crippen LogP contribution in [-0.4, -0.2) is 57.2 Å². The van der Waals surface area contributed by atoms with Crippen LogP contribution in [0, 0.1) is 0 Å². The van der Waals surface area contributed by atoms with Crippen LogP contribution in [0.1, 0.15) is 38.8 Å². The Kier molecular flexibility index (Phi) is 7.32. The second kappa shape index (κ2) is 10.2. The lowest BCUT2D eigenvalue weighted by Crippen LogP contribution is -2.40. The van der Waals surface area contributed by atoms with Crippen molar-refractivity contribution in [3.63, 3.8) is 0 Å². The largest absolute Gasteiger partial charge is 0.397 e. The summed E-state index contributed by atoms with van der Waals surface area (Å²) in [5.41, 5.74) is 10.3. The summed E-state index contributed by atoms with van der Waals surface area (Å²) in [5, 5.41) is 5.22. The molecule has 3 aromatic carbocycles. The van der Waals surface area contributed by atoms with E-state index >= 15 is 0 Å². The van der Waals surface area contributed by atoms with Crippen LogP contribution < -0.4 is 22.1 Å². The van der Waals surface area contributed by atoms with Crippen LogP contribution in [0.5, 0.6) is 0 Å². The van der Waals surface area contributed by atoms with Crippen LogP contribution >= 0.6 is 0 Å². The van der Waals surface area contributed by atoms with E-state index in [-0.39, 0.29) is 39.5 Å². The molecule has 1 aliphatic carbocycles. The van der Waals surface area contributed by atoms with Gasteiger partial charge in [-0.15, -0.1) is 0 Å². The minimum absolute atomic E-state index is 0.0179. The van der Waals surface area contributed by atoms with E-state index in [0.717, 1.165) is 6.07 Å². The monoisotopic (exact) mass is 572 g/mol. The summed E-state index contributed by atoms with van der Waals surface area (Å²) in [6.45, 7) is 1.28. The Labute approximate surface area is 224 Å². The first-order valence-electron chi connectivity index (χ1n) is 11.5. The number of hydrogen-bond donors (Lipinski definition) is 5. The van der Waals surface area contributed by atoms with Crippen molar-refractivity contribution in [2.45, 2.75) is 22.8 Å². The number of nitrogens with one attached hydrogen (secondary N) is 2. The van der Waals surface area contributed by atoms with E-state index in [1.54, 1.807) is 6.07 Å². The molecule has 0 aromatic heterocycles. The van der Waals surface area contributed by atoms with Crippen LogP contribution in [0.3, 0.4) is 0 Å². The van der Waals surface area contributed by atoms with Gasteiger partial charge in [-0.25, -0.2) is 8.42 Å². The predicted octanol–water partition coefficient (Wildman–Crippen LogP) is 1.27. The van der Waals surface area contributed by atoms with Gasteiger partial charge in [0.2, 0.25) is 5.91 Å². The van der Waals surface area contributed by atoms with Crippen molar-refractivity contribution in [3.8, 4) is 0 Å². The van der Waals surface area contributed by atoms with Gasteiger partial charge in [-0.2, -0.15) is 8.42 Å². The van der Waals surface area contributed by atoms with E-state index in [2.05, 4.69) is 10.6 Å². The van der Waals surface area contributed by atoms with Crippen molar-refractivity contribution in [3.05, 3.63) is 76.9 Å². The summed E-state index contributed by atoms with van der Waals surface area (Å²) in [5.74, 6) is -2.27. The van der Waals surface area contributed by atoms with Gasteiger partial charge >= 0.3 is 0 Å². The molecule has 0 saturated heterocycles. The number of nitrogen functional groups attached to an aromatic ring is 1. The van der Waals surface area contributed by atoms with E-state index < -0.39 is 65.4 Å². The maximum absolute atomic E-state index is 13.4. The third-order valence-electron chi connectivity index (χ3n) is 6.03. The van der Waals surface area contributed by atoms with E-state index in [0.29, 0.717) is 0 Å². The number of anilines is 3. The molecule has 7 N–H and O–H groups in total. The molecule has 0 radical (unpaired) electrons. The molecular weight excluding hydrogens is 548 g/mol. The average Bonchev–Trinajstić information content (AvgIpc) is 2.87. The lowest BCUT2D eigenvalue weighted by molar-refractivity contribution is -0.121. The molecule has 0 spiro atoms. The first-order valence-corrected chi connectivity index (χ1v) is 14.6. The van der Waals surface area contributed by atoms with Crippen molar-refractivity contribution in [1.29, 1.82) is 0 Å². The fraction of sp³-hybridized carbons (Fsp3) is 0.160. The molecule has 1 unspecified atom stereocenters. The summed E-state index contributed by atoms with van der Waals surface area (Å²) in [6.07, 6.45) is 0. The quantitative estimate of drug-likeness (QED) is 0.150. The lowest BCUT2D eigenvalue weighted by Gasteiger charge is -2.23. The van der Waals surface area contributed by atoms with E-state index in [9.17, 15) is 35.8 Å². The maximum atomic E-state index is 13.4. The number of carbonyl (C=O) groups is 3. The molecule has 12 nitrogen and oxygen atoms in total. The molecule has 4 rings (SSSR count). The van der Waals surface area contributed by atoms with Crippen LogP contribution in [0.4, 0.5) is 17.1 Å². The van der Waals surface area contributed by atoms with Crippen LogP contribution in [-0.2, 0) is 24.7 Å². The molecule has 3 aromatic rings. The highest BCUT2D eigenvalue weighted by molar-refractivity contribution is 7.91. The van der Waals surface area contributed by atoms with Crippen molar-refractivity contribution in [2.24, 2.45) is 5.73 Å². The molecule has 39 heavy (non-hydrogen) atoms. The van der Waals surface area contributed by atoms with Gasteiger partial charge in [0.05, 0.1) is 39.2 Å². The van der Waals surface area contributed by atoms with E-state index in [1.807, 2.05) is 0 Å². The Balaban J connectivity index is 1.77. The van der Waals surface area contributed by atoms with Gasteiger partial charge in [-0.1, -0.05) is 30.3 Å². The van der Waals surface area contributed by atoms with Gasteiger partial charge in [-0.05, 0) is 31.2 Å². The topological polar surface area (TPSA) is 216 Å². The normalized spacial score (nSPS) is 13.8. The third kappa shape index (κ3) is 5.40. The van der Waals surface area contributed by atoms with Crippen molar-refractivity contribution in [2.75, 3.05) is 23.3 Å². The summed E-state index contributed by atoms with van der Waals surface area (Å²) in [7, 11) is -8.81. The number of rotatable bonds is 8. The minimum atomic E-state index is -4.92. The molecule has 1 atom stereocenters. The number of nitrogens with two attached hydrogens (primary N) is 2. The zero-order chi connectivity index (χ0) is 28.7. The second-order valence-electron chi connectivity index (χ2n) is 8.82. The highest BCUT2D eigenvalue weighted by atomic mass is 32.2. The Bertz CT molecular complexity index is 1750. The van der Waals surface area contributed by atoms with Gasteiger partial charge < -0.3 is 22.1 Å². The SMILES string of the molecule is CC(N)C(=O)NCCS(=O)(=O)c1cccc(Nc2cc(S(=O)(=O)O)c(N)c3c2C(=O)c2ccccc2C3=O)c1. The Morgan fingerprint density at radius 3 is 2.15 bits per heavy atom. The Morgan fingerprint density at radius 1 is 0.949 bits per heavy atom. The maximum Gasteiger partial charge on any atom is 0.296 e. The van der Waals surface area contributed by atoms with Gasteiger partial charge in [0.1, 0.15) is 4.90 Å². The number of carbonyl (C=O) groups excluding carboxylic acids is 3. The molecule has 1 aliphatic rings. The Hall–Kier alpha value is -4.11. The van der Waals surface area contributed by atoms with Crippen molar-refractivity contribution in [1.82, 2.24) is 5.32 Å². The third-order valence-corrected chi connectivity index (χ3v) is 8.64. The molecule has 0 fully saturated rings. The van der Waals surface area contributed by atoms with Crippen LogP contribution in [0.2, 0.25) is 0 Å². The molecule has 204 valence electrons. The summed E-state index contributed by atoms with van der Waals surface area (Å²) < 4.78 is 59.6. The van der Waals surface area contributed by atoms with Crippen LogP contribution in [0.15, 0.2) is 64.4 Å². The van der Waals surface area contributed by atoms with Gasteiger partial charge in [0, 0.05) is 23.4 Å². The average molecular weight is 573 g/mol. The van der Waals surface area contributed by atoms with Crippen LogP contribution in [0.25, 0.3) is 0 Å². The smallest absolute Gasteiger partial charge is 0.296 e. The lowest BCUT2D eigenvalue weighted by atomic mass is 9.82. The molecule has 1 amide bonds. The fourth-order valence-electron chi connectivity index (χ4n) is 4.12. The van der Waals surface area contributed by atoms with E-state index in [1.165, 1.54) is 49.4 Å². The zero-order valence-electron chi connectivity index (χ0n) is 20.5. The number of benzene rings is 3. The highest BCUT2D eigenvalue weighted by Gasteiger charge is 2.36. The van der Waals surface area contributed by atoms with Gasteiger partial charge in [0.25, 0.3) is 10.1 Å². The molecule has 0 saturated carbocycles. The number of fused-ring (bicyclic) bond motifs is 2. The molecule has 14 heteroatoms. The van der Waals surface area contributed by atoms with Gasteiger partial charge in [-0.3, -0.25) is 18.9 Å². The highest BCUT2D eigenvalue weighted by Crippen LogP contribution is 2.40. The van der Waals surface area contributed by atoms with Crippen molar-refractivity contribution >= 4 is 54.5 Å². The first kappa shape index (κ1) is 27.9. The standard InChI is InChI=1S/C25H24N4O8S2/c1-13(26)25(32)28-9-10-38(33,34)15-6-4-5-14(11-15)29-18-12-19(39(35,36)37)22(27)21-20(18)23(30)16-7-2-3-8-17(16)24(21)31/h2-8,11-13,29H,9-10,26-27H2,1H3,(H,28,32)(H,35,36,37). The molecule has 0 heterocycles. The number of sulfone groups is 1. The number of ketones is 2. The molecule has 0 aliphatic heterocycles. The minimum Gasteiger partial charge on any atom is -0.397 e. The van der Waals surface area contributed by atoms with Crippen molar-refractivity contribution < 1.29 is 35.8 Å². The van der Waals surface area contributed by atoms with Gasteiger partial charge in [0.15, 0.2) is 21.4 Å². The summed E-state index contributed by atoms with van der Waals surface area (Å²) in [4.78, 5) is 37.4. The summed E-state index contributed by atoms with van der Waals surface area (Å²) >= 11 is 0. The second-order valence-corrected chi connectivity index (χ2v) is 12.3. The fourth-order valence-corrected chi connectivity index (χ4v) is 5.96. The Morgan fingerprint density at radius 2 is 1.56 bits per heavy atom. The molecule has 0 bridgehead atoms. The molecular formula is C25H24N4O8S2. The first-order chi connectivity index (χ1) is 18.2. The predicted molar refractivity (Wildman–Crippen MR) is 142 cm³/mol.